The summed E-state index contributed by atoms with van der Waals surface area (Å²) in [7, 11) is 0. The Morgan fingerprint density at radius 3 is 1.42 bits per heavy atom. The smallest absolute Gasteiger partial charge is 0.345 e. The second-order valence-electron chi connectivity index (χ2n) is 15.8. The zero-order chi connectivity index (χ0) is 43.1. The fraction of sp³-hybridized carbons (Fsp3) is 0.240. The number of pyridine rings is 2. The molecule has 6 rings (SSSR count). The molecule has 8 nitrogen and oxygen atoms in total. The first-order valence-corrected chi connectivity index (χ1v) is 20.4. The maximum Gasteiger partial charge on any atom is 0.345 e. The van der Waals surface area contributed by atoms with Crippen LogP contribution in [0.3, 0.4) is 0 Å². The zero-order valence-electron chi connectivity index (χ0n) is 34.8. The van der Waals surface area contributed by atoms with Crippen molar-refractivity contribution in [3.05, 3.63) is 189 Å². The number of ether oxygens (including phenoxy) is 4. The number of hydrogen-bond acceptors (Lipinski definition) is 8. The van der Waals surface area contributed by atoms with Gasteiger partial charge in [-0.1, -0.05) is 151 Å². The van der Waals surface area contributed by atoms with Gasteiger partial charge in [0, 0.05) is 17.8 Å². The molecular formula is C50H50Cl2N2O6. The molecular weight excluding hydrogens is 795 g/mol. The third kappa shape index (κ3) is 14.7. The van der Waals surface area contributed by atoms with Gasteiger partial charge in [-0.2, -0.15) is 0 Å². The predicted octanol–water partition coefficient (Wildman–Crippen LogP) is 12.5. The normalized spacial score (nSPS) is 11.3. The molecule has 6 aromatic rings. The van der Waals surface area contributed by atoms with Crippen molar-refractivity contribution in [1.82, 2.24) is 9.97 Å². The van der Waals surface area contributed by atoms with E-state index in [1.54, 1.807) is 32.9 Å². The number of nitrogens with zero attached hydrogens (tertiary/aromatic N) is 2. The quantitative estimate of drug-likeness (QED) is 0.0837. The topological polar surface area (TPSA) is 96.8 Å². The van der Waals surface area contributed by atoms with E-state index in [9.17, 15) is 9.59 Å². The highest BCUT2D eigenvalue weighted by molar-refractivity contribution is 6.33. The molecule has 4 aromatic carbocycles. The van der Waals surface area contributed by atoms with E-state index in [0.29, 0.717) is 36.8 Å². The second kappa shape index (κ2) is 21.3. The maximum absolute atomic E-state index is 12.8. The van der Waals surface area contributed by atoms with Crippen LogP contribution in [0.2, 0.25) is 10.3 Å². The van der Waals surface area contributed by atoms with Gasteiger partial charge in [0.05, 0.1) is 5.69 Å². The lowest BCUT2D eigenvalue weighted by Gasteiger charge is -2.21. The number of aromatic nitrogens is 2. The summed E-state index contributed by atoms with van der Waals surface area (Å²) in [5.41, 5.74) is 4.51. The highest BCUT2D eigenvalue weighted by Crippen LogP contribution is 2.32. The van der Waals surface area contributed by atoms with Crippen LogP contribution < -0.4 is 9.47 Å². The Kier molecular flexibility index (Phi) is 16.1. The monoisotopic (exact) mass is 844 g/mol. The van der Waals surface area contributed by atoms with Gasteiger partial charge >= 0.3 is 11.9 Å². The molecule has 0 unspecified atom stereocenters. The minimum absolute atomic E-state index is 0.0440. The Labute approximate surface area is 363 Å². The van der Waals surface area contributed by atoms with Crippen LogP contribution in [0.4, 0.5) is 0 Å². The van der Waals surface area contributed by atoms with Crippen LogP contribution in [0.15, 0.2) is 133 Å². The highest BCUT2D eigenvalue weighted by atomic mass is 35.5. The molecule has 2 aromatic heterocycles. The van der Waals surface area contributed by atoms with Crippen LogP contribution in [-0.2, 0) is 35.5 Å². The van der Waals surface area contributed by atoms with E-state index in [2.05, 4.69) is 22.1 Å². The van der Waals surface area contributed by atoms with Crippen LogP contribution in [0.25, 0.3) is 12.2 Å². The summed E-state index contributed by atoms with van der Waals surface area (Å²) in [6, 6.07) is 43.0. The van der Waals surface area contributed by atoms with Gasteiger partial charge in [-0.3, -0.25) is 0 Å². The standard InChI is InChI=1S/C25H26ClNO3.C25H24ClNO3/c2*1-25(2,3)30-24(28)22-21(29-17-19-12-8-5-9-13-19)16-20(27-23(22)26)15-14-18-10-6-4-7-11-18/h4-13,16H,14-15,17H2,1-3H3;4-16H,17H2,1-3H3/b;15-14+. The van der Waals surface area contributed by atoms with Gasteiger partial charge < -0.3 is 18.9 Å². The first-order valence-electron chi connectivity index (χ1n) is 19.6. The Morgan fingerprint density at radius 1 is 0.533 bits per heavy atom. The molecule has 0 amide bonds. The molecule has 0 aliphatic heterocycles. The third-order valence-electron chi connectivity index (χ3n) is 8.39. The third-order valence-corrected chi connectivity index (χ3v) is 8.94. The van der Waals surface area contributed by atoms with Crippen molar-refractivity contribution in [3.63, 3.8) is 0 Å². The summed E-state index contributed by atoms with van der Waals surface area (Å²) in [5, 5.41) is 0.139. The minimum atomic E-state index is -0.664. The van der Waals surface area contributed by atoms with E-state index in [1.807, 2.05) is 142 Å². The summed E-state index contributed by atoms with van der Waals surface area (Å²) in [6.07, 6.45) is 5.25. The lowest BCUT2D eigenvalue weighted by atomic mass is 10.1. The number of esters is 2. The Bertz CT molecular complexity index is 2340. The van der Waals surface area contributed by atoms with Crippen LogP contribution in [0, 0.1) is 0 Å². The van der Waals surface area contributed by atoms with Crippen molar-refractivity contribution < 1.29 is 28.5 Å². The van der Waals surface area contributed by atoms with E-state index in [0.717, 1.165) is 28.8 Å². The van der Waals surface area contributed by atoms with Crippen LogP contribution in [0.5, 0.6) is 11.5 Å². The molecule has 0 fully saturated rings. The number of halogens is 2. The van der Waals surface area contributed by atoms with E-state index in [1.165, 1.54) is 5.56 Å². The lowest BCUT2D eigenvalue weighted by Crippen LogP contribution is -2.24. The summed E-state index contributed by atoms with van der Waals surface area (Å²) in [6.45, 7) is 11.4. The van der Waals surface area contributed by atoms with Crippen LogP contribution in [-0.4, -0.2) is 33.1 Å². The lowest BCUT2D eigenvalue weighted by molar-refractivity contribution is 0.00521. The van der Waals surface area contributed by atoms with Gasteiger partial charge in [-0.15, -0.1) is 0 Å². The Hall–Kier alpha value is -5.96. The van der Waals surface area contributed by atoms with E-state index in [-0.39, 0.29) is 21.4 Å². The summed E-state index contributed by atoms with van der Waals surface area (Å²) >= 11 is 12.8. The molecule has 0 N–H and O–H groups in total. The molecule has 0 aliphatic rings. The van der Waals surface area contributed by atoms with Crippen molar-refractivity contribution in [2.75, 3.05) is 0 Å². The Morgan fingerprint density at radius 2 is 0.950 bits per heavy atom. The first-order chi connectivity index (χ1) is 28.6. The summed E-state index contributed by atoms with van der Waals surface area (Å²) < 4.78 is 23.0. The number of hydrogen-bond donors (Lipinski definition) is 0. The highest BCUT2D eigenvalue weighted by Gasteiger charge is 2.27. The van der Waals surface area contributed by atoms with Crippen molar-refractivity contribution in [3.8, 4) is 11.5 Å². The van der Waals surface area contributed by atoms with Gasteiger partial charge in [0.2, 0.25) is 0 Å². The molecule has 10 heteroatoms. The molecule has 0 radical (unpaired) electrons. The van der Waals surface area contributed by atoms with E-state index in [4.69, 9.17) is 42.1 Å². The molecule has 60 heavy (non-hydrogen) atoms. The molecule has 0 atom stereocenters. The van der Waals surface area contributed by atoms with Crippen LogP contribution >= 0.6 is 23.2 Å². The molecule has 310 valence electrons. The SMILES string of the molecule is CC(C)(C)OC(=O)c1c(OCc2ccccc2)cc(/C=C/c2ccccc2)nc1Cl.CC(C)(C)OC(=O)c1c(OCc2ccccc2)cc(CCc2ccccc2)nc1Cl. The summed E-state index contributed by atoms with van der Waals surface area (Å²) in [5.74, 6) is -0.392. The average molecular weight is 846 g/mol. The fourth-order valence-electron chi connectivity index (χ4n) is 5.65. The van der Waals surface area contributed by atoms with E-state index < -0.39 is 23.1 Å². The molecule has 0 spiro atoms. The number of rotatable bonds is 13. The van der Waals surface area contributed by atoms with Gasteiger partial charge in [-0.25, -0.2) is 19.6 Å². The first kappa shape index (κ1) is 45.1. The molecule has 0 saturated heterocycles. The van der Waals surface area contributed by atoms with Crippen molar-refractivity contribution in [2.24, 2.45) is 0 Å². The molecule has 0 bridgehead atoms. The fourth-order valence-corrected chi connectivity index (χ4v) is 6.20. The van der Waals surface area contributed by atoms with Crippen molar-refractivity contribution >= 4 is 47.3 Å². The molecule has 0 saturated carbocycles. The van der Waals surface area contributed by atoms with Crippen molar-refractivity contribution in [1.29, 1.82) is 0 Å². The average Bonchev–Trinajstić information content (AvgIpc) is 3.21. The molecule has 2 heterocycles. The number of carbonyl (C=O) groups excluding carboxylic acids is 2. The maximum atomic E-state index is 12.8. The predicted molar refractivity (Wildman–Crippen MR) is 240 cm³/mol. The zero-order valence-corrected chi connectivity index (χ0v) is 36.3. The van der Waals surface area contributed by atoms with Crippen molar-refractivity contribution in [2.45, 2.75) is 78.8 Å². The second-order valence-corrected chi connectivity index (χ2v) is 16.5. The van der Waals surface area contributed by atoms with Crippen LogP contribution in [0.1, 0.15) is 95.9 Å². The van der Waals surface area contributed by atoms with Gasteiger partial charge in [-0.05, 0) is 82.7 Å². The van der Waals surface area contributed by atoms with Gasteiger partial charge in [0.15, 0.2) is 0 Å². The Balaban J connectivity index is 0.000000228. The number of aryl methyl sites for hydroxylation is 2. The number of benzene rings is 4. The molecule has 0 aliphatic carbocycles. The van der Waals surface area contributed by atoms with E-state index >= 15 is 0 Å². The van der Waals surface area contributed by atoms with Gasteiger partial charge in [0.25, 0.3) is 0 Å². The van der Waals surface area contributed by atoms with Gasteiger partial charge in [0.1, 0.15) is 57.3 Å². The minimum Gasteiger partial charge on any atom is -0.488 e. The summed E-state index contributed by atoms with van der Waals surface area (Å²) in [4.78, 5) is 34.3. The number of carbonyl (C=O) groups is 2. The largest absolute Gasteiger partial charge is 0.488 e.